The van der Waals surface area contributed by atoms with Gasteiger partial charge < -0.3 is 15.5 Å². The van der Waals surface area contributed by atoms with Crippen molar-refractivity contribution in [3.8, 4) is 5.75 Å². The van der Waals surface area contributed by atoms with Crippen molar-refractivity contribution in [3.05, 3.63) is 29.8 Å². The fourth-order valence-corrected chi connectivity index (χ4v) is 1.16. The minimum absolute atomic E-state index is 0.0691. The van der Waals surface area contributed by atoms with Crippen LogP contribution in [0.2, 0.25) is 0 Å². The Balaban J connectivity index is 2.64. The van der Waals surface area contributed by atoms with Crippen molar-refractivity contribution >= 4 is 5.91 Å². The summed E-state index contributed by atoms with van der Waals surface area (Å²) < 4.78 is 0. The molecule has 15 heavy (non-hydrogen) atoms. The lowest BCUT2D eigenvalue weighted by Crippen LogP contribution is -2.36. The number of aliphatic hydroxyl groups is 1. The Morgan fingerprint density at radius 2 is 2.00 bits per heavy atom. The molecule has 3 N–H and O–H groups in total. The standard InChI is InChI=1S/C11H15NO3/c1-2-9(7-13)12-11(15)8-3-5-10(14)6-4-8/h3-6,9,13-14H,2,7H2,1H3,(H,12,15)/t9-/m1/s1. The van der Waals surface area contributed by atoms with Crippen LogP contribution in [-0.2, 0) is 0 Å². The molecule has 1 aromatic rings. The zero-order valence-corrected chi connectivity index (χ0v) is 8.60. The van der Waals surface area contributed by atoms with E-state index in [0.717, 1.165) is 0 Å². The number of nitrogens with one attached hydrogen (secondary N) is 1. The molecule has 0 saturated heterocycles. The van der Waals surface area contributed by atoms with Crippen LogP contribution < -0.4 is 5.32 Å². The van der Waals surface area contributed by atoms with Crippen LogP contribution in [0.1, 0.15) is 23.7 Å². The third-order valence-corrected chi connectivity index (χ3v) is 2.18. The Morgan fingerprint density at radius 1 is 1.40 bits per heavy atom. The van der Waals surface area contributed by atoms with E-state index in [9.17, 15) is 4.79 Å². The minimum atomic E-state index is -0.240. The molecule has 0 aliphatic heterocycles. The van der Waals surface area contributed by atoms with Crippen molar-refractivity contribution in [1.29, 1.82) is 0 Å². The van der Waals surface area contributed by atoms with Crippen LogP contribution in [0.15, 0.2) is 24.3 Å². The number of phenols is 1. The van der Waals surface area contributed by atoms with Gasteiger partial charge in [-0.15, -0.1) is 0 Å². The highest BCUT2D eigenvalue weighted by atomic mass is 16.3. The van der Waals surface area contributed by atoms with Crippen molar-refractivity contribution in [3.63, 3.8) is 0 Å². The van der Waals surface area contributed by atoms with Gasteiger partial charge in [0.25, 0.3) is 5.91 Å². The number of amides is 1. The Bertz CT molecular complexity index is 317. The SMILES string of the molecule is CC[C@H](CO)NC(=O)c1ccc(O)cc1. The van der Waals surface area contributed by atoms with Crippen LogP contribution >= 0.6 is 0 Å². The number of hydrogen-bond donors (Lipinski definition) is 3. The number of carbonyl (C=O) groups excluding carboxylic acids is 1. The fourth-order valence-electron chi connectivity index (χ4n) is 1.16. The van der Waals surface area contributed by atoms with E-state index in [1.54, 1.807) is 0 Å². The molecule has 4 nitrogen and oxygen atoms in total. The van der Waals surface area contributed by atoms with E-state index in [1.165, 1.54) is 24.3 Å². The fraction of sp³-hybridized carbons (Fsp3) is 0.364. The molecule has 0 saturated carbocycles. The molecule has 0 fully saturated rings. The van der Waals surface area contributed by atoms with Gasteiger partial charge in [0.05, 0.1) is 12.6 Å². The van der Waals surface area contributed by atoms with Gasteiger partial charge in [0.1, 0.15) is 5.75 Å². The largest absolute Gasteiger partial charge is 0.508 e. The second kappa shape index (κ2) is 5.36. The maximum atomic E-state index is 11.6. The molecule has 0 spiro atoms. The number of aliphatic hydroxyl groups excluding tert-OH is 1. The zero-order valence-electron chi connectivity index (χ0n) is 8.60. The van der Waals surface area contributed by atoms with Crippen molar-refractivity contribution in [2.45, 2.75) is 19.4 Å². The van der Waals surface area contributed by atoms with E-state index in [0.29, 0.717) is 12.0 Å². The summed E-state index contributed by atoms with van der Waals surface area (Å²) in [6.45, 7) is 1.82. The number of benzene rings is 1. The molecule has 1 atom stereocenters. The molecule has 1 rings (SSSR count). The predicted molar refractivity (Wildman–Crippen MR) is 56.7 cm³/mol. The van der Waals surface area contributed by atoms with Crippen LogP contribution in [-0.4, -0.2) is 28.8 Å². The van der Waals surface area contributed by atoms with Crippen LogP contribution in [0.25, 0.3) is 0 Å². The summed E-state index contributed by atoms with van der Waals surface area (Å²) in [6, 6.07) is 5.76. The first-order chi connectivity index (χ1) is 7.17. The summed E-state index contributed by atoms with van der Waals surface area (Å²) in [6.07, 6.45) is 0.681. The van der Waals surface area contributed by atoms with Gasteiger partial charge in [0, 0.05) is 5.56 Å². The average Bonchev–Trinajstić information content (AvgIpc) is 2.26. The van der Waals surface area contributed by atoms with Gasteiger partial charge >= 0.3 is 0 Å². The average molecular weight is 209 g/mol. The van der Waals surface area contributed by atoms with Gasteiger partial charge in [0.15, 0.2) is 0 Å². The van der Waals surface area contributed by atoms with E-state index < -0.39 is 0 Å². The molecule has 82 valence electrons. The molecule has 4 heteroatoms. The second-order valence-electron chi connectivity index (χ2n) is 3.31. The van der Waals surface area contributed by atoms with E-state index >= 15 is 0 Å². The molecule has 1 aromatic carbocycles. The lowest BCUT2D eigenvalue weighted by atomic mass is 10.1. The molecule has 0 aliphatic rings. The Kier molecular flexibility index (Phi) is 4.12. The number of carbonyl (C=O) groups is 1. The van der Waals surface area contributed by atoms with E-state index in [4.69, 9.17) is 10.2 Å². The summed E-state index contributed by atoms with van der Waals surface area (Å²) in [5, 5.41) is 20.6. The summed E-state index contributed by atoms with van der Waals surface area (Å²) in [4.78, 5) is 11.6. The highest BCUT2D eigenvalue weighted by Gasteiger charge is 2.10. The highest BCUT2D eigenvalue weighted by molar-refractivity contribution is 5.94. The minimum Gasteiger partial charge on any atom is -0.508 e. The Morgan fingerprint density at radius 3 is 2.47 bits per heavy atom. The molecule has 0 unspecified atom stereocenters. The van der Waals surface area contributed by atoms with Gasteiger partial charge in [-0.05, 0) is 30.7 Å². The smallest absolute Gasteiger partial charge is 0.251 e. The first-order valence-corrected chi connectivity index (χ1v) is 4.88. The van der Waals surface area contributed by atoms with Crippen molar-refractivity contribution in [2.75, 3.05) is 6.61 Å². The molecule has 0 radical (unpaired) electrons. The molecular weight excluding hydrogens is 194 g/mol. The summed E-state index contributed by atoms with van der Waals surface area (Å²) >= 11 is 0. The third-order valence-electron chi connectivity index (χ3n) is 2.18. The molecule has 1 amide bonds. The van der Waals surface area contributed by atoms with Gasteiger partial charge in [-0.2, -0.15) is 0 Å². The zero-order chi connectivity index (χ0) is 11.3. The Hall–Kier alpha value is -1.55. The van der Waals surface area contributed by atoms with Gasteiger partial charge in [-0.1, -0.05) is 6.92 Å². The van der Waals surface area contributed by atoms with Gasteiger partial charge in [-0.3, -0.25) is 4.79 Å². The van der Waals surface area contributed by atoms with Crippen molar-refractivity contribution < 1.29 is 15.0 Å². The number of rotatable bonds is 4. The van der Waals surface area contributed by atoms with Crippen LogP contribution in [0.4, 0.5) is 0 Å². The van der Waals surface area contributed by atoms with Crippen molar-refractivity contribution in [1.82, 2.24) is 5.32 Å². The monoisotopic (exact) mass is 209 g/mol. The third kappa shape index (κ3) is 3.25. The number of phenolic OH excluding ortho intramolecular Hbond substituents is 1. The van der Waals surface area contributed by atoms with Crippen LogP contribution in [0.5, 0.6) is 5.75 Å². The lowest BCUT2D eigenvalue weighted by molar-refractivity contribution is 0.0915. The first kappa shape index (κ1) is 11.5. The molecule has 0 bridgehead atoms. The summed E-state index contributed by atoms with van der Waals surface area (Å²) in [5.41, 5.74) is 0.472. The quantitative estimate of drug-likeness (QED) is 0.689. The van der Waals surface area contributed by atoms with E-state index in [-0.39, 0.29) is 24.3 Å². The van der Waals surface area contributed by atoms with Crippen molar-refractivity contribution in [2.24, 2.45) is 0 Å². The number of aromatic hydroxyl groups is 1. The van der Waals surface area contributed by atoms with Crippen LogP contribution in [0, 0.1) is 0 Å². The Labute approximate surface area is 88.6 Å². The van der Waals surface area contributed by atoms with Crippen LogP contribution in [0.3, 0.4) is 0 Å². The summed E-state index contributed by atoms with van der Waals surface area (Å²) in [7, 11) is 0. The maximum absolute atomic E-state index is 11.6. The predicted octanol–water partition coefficient (Wildman–Crippen LogP) is 0.893. The molecular formula is C11H15NO3. The molecule has 0 aliphatic carbocycles. The summed E-state index contributed by atoms with van der Waals surface area (Å²) in [5.74, 6) is -0.114. The number of hydrogen-bond acceptors (Lipinski definition) is 3. The topological polar surface area (TPSA) is 69.6 Å². The van der Waals surface area contributed by atoms with E-state index in [2.05, 4.69) is 5.32 Å². The van der Waals surface area contributed by atoms with E-state index in [1.807, 2.05) is 6.92 Å². The molecule has 0 heterocycles. The highest BCUT2D eigenvalue weighted by Crippen LogP contribution is 2.09. The van der Waals surface area contributed by atoms with Gasteiger partial charge in [-0.25, -0.2) is 0 Å². The first-order valence-electron chi connectivity index (χ1n) is 4.88. The maximum Gasteiger partial charge on any atom is 0.251 e. The lowest BCUT2D eigenvalue weighted by Gasteiger charge is -2.13. The second-order valence-corrected chi connectivity index (χ2v) is 3.31. The normalized spacial score (nSPS) is 12.1. The molecule has 0 aromatic heterocycles. The van der Waals surface area contributed by atoms with Gasteiger partial charge in [0.2, 0.25) is 0 Å².